The molecular weight excluding hydrogens is 554 g/mol. The van der Waals surface area contributed by atoms with Crippen molar-refractivity contribution in [3.05, 3.63) is 53.6 Å². The minimum Gasteiger partial charge on any atom is -0.370 e. The van der Waals surface area contributed by atoms with Crippen molar-refractivity contribution in [3.8, 4) is 0 Å². The van der Waals surface area contributed by atoms with Gasteiger partial charge in [-0.1, -0.05) is 29.8 Å². The van der Waals surface area contributed by atoms with Gasteiger partial charge in [-0.15, -0.1) is 0 Å². The summed E-state index contributed by atoms with van der Waals surface area (Å²) in [5.74, 6) is -3.33. The lowest BCUT2D eigenvalue weighted by molar-refractivity contribution is -0.160. The number of hydrogen-bond donors (Lipinski definition) is 3. The highest BCUT2D eigenvalue weighted by Crippen LogP contribution is 2.41. The highest BCUT2D eigenvalue weighted by molar-refractivity contribution is 6.30. The number of nitrogens with two attached hydrogens (primary N) is 1. The van der Waals surface area contributed by atoms with Gasteiger partial charge in [-0.2, -0.15) is 26.3 Å². The van der Waals surface area contributed by atoms with E-state index < -0.39 is 73.6 Å². The molecule has 0 spiro atoms. The summed E-state index contributed by atoms with van der Waals surface area (Å²) < 4.78 is 78.6. The first-order chi connectivity index (χ1) is 18.1. The molecule has 1 atom stereocenters. The number of amides is 3. The summed E-state index contributed by atoms with van der Waals surface area (Å²) in [5.41, 5.74) is 4.06. The van der Waals surface area contributed by atoms with Crippen molar-refractivity contribution in [1.82, 2.24) is 5.32 Å². The molecule has 0 bridgehead atoms. The predicted molar refractivity (Wildman–Crippen MR) is 132 cm³/mol. The van der Waals surface area contributed by atoms with Gasteiger partial charge < -0.3 is 21.3 Å². The number of primary amides is 1. The molecule has 4 N–H and O–H groups in total. The van der Waals surface area contributed by atoms with Gasteiger partial charge in [-0.3, -0.25) is 14.4 Å². The quantitative estimate of drug-likeness (QED) is 0.344. The lowest BCUT2D eigenvalue weighted by atomic mass is 9.74. The second-order valence-electron chi connectivity index (χ2n) is 9.28. The number of carbonyl (C=O) groups excluding carboxylic acids is 3. The molecule has 212 valence electrons. The van der Waals surface area contributed by atoms with E-state index in [2.05, 4.69) is 10.6 Å². The molecular formula is C25H25ClF6N4O3. The van der Waals surface area contributed by atoms with E-state index in [0.717, 1.165) is 0 Å². The molecule has 1 aliphatic heterocycles. The van der Waals surface area contributed by atoms with Gasteiger partial charge in [0.25, 0.3) is 0 Å². The molecule has 0 aromatic heterocycles. The molecule has 7 nitrogen and oxygen atoms in total. The maximum Gasteiger partial charge on any atom is 0.389 e. The third kappa shape index (κ3) is 8.25. The molecule has 2 aromatic carbocycles. The molecule has 0 saturated heterocycles. The molecule has 3 amide bonds. The van der Waals surface area contributed by atoms with E-state index in [1.54, 1.807) is 53.4 Å². The topological polar surface area (TPSA) is 105 Å². The van der Waals surface area contributed by atoms with Gasteiger partial charge in [0.15, 0.2) is 0 Å². The summed E-state index contributed by atoms with van der Waals surface area (Å²) in [6, 6.07) is 11.6. The summed E-state index contributed by atoms with van der Waals surface area (Å²) in [6.45, 7) is -0.250. The highest BCUT2D eigenvalue weighted by atomic mass is 35.5. The third-order valence-corrected chi connectivity index (χ3v) is 6.56. The number of carbonyl (C=O) groups is 3. The molecule has 14 heteroatoms. The second kappa shape index (κ2) is 11.7. The van der Waals surface area contributed by atoms with Crippen LogP contribution in [-0.4, -0.2) is 42.7 Å². The largest absolute Gasteiger partial charge is 0.389 e. The molecule has 39 heavy (non-hydrogen) atoms. The molecule has 1 heterocycles. The van der Waals surface area contributed by atoms with Gasteiger partial charge in [-0.25, -0.2) is 0 Å². The van der Waals surface area contributed by atoms with E-state index in [-0.39, 0.29) is 6.54 Å². The molecule has 2 aromatic rings. The van der Waals surface area contributed by atoms with Crippen LogP contribution >= 0.6 is 11.6 Å². The Morgan fingerprint density at radius 2 is 1.59 bits per heavy atom. The molecule has 3 rings (SSSR count). The number of rotatable bonds is 9. The molecule has 1 aliphatic rings. The van der Waals surface area contributed by atoms with Crippen molar-refractivity contribution in [2.75, 3.05) is 16.8 Å². The van der Waals surface area contributed by atoms with Crippen LogP contribution in [0.4, 0.5) is 43.4 Å². The first kappa shape index (κ1) is 30.1. The Hall–Kier alpha value is -3.48. The molecule has 0 aliphatic carbocycles. The van der Waals surface area contributed by atoms with E-state index in [4.69, 9.17) is 17.3 Å². The van der Waals surface area contributed by atoms with Gasteiger partial charge in [0.05, 0.1) is 23.3 Å². The van der Waals surface area contributed by atoms with Gasteiger partial charge >= 0.3 is 12.4 Å². The lowest BCUT2D eigenvalue weighted by Crippen LogP contribution is -2.54. The van der Waals surface area contributed by atoms with E-state index in [0.29, 0.717) is 22.1 Å². The van der Waals surface area contributed by atoms with E-state index in [1.807, 2.05) is 0 Å². The van der Waals surface area contributed by atoms with Crippen molar-refractivity contribution < 1.29 is 40.7 Å². The third-order valence-electron chi connectivity index (χ3n) is 6.33. The van der Waals surface area contributed by atoms with Crippen molar-refractivity contribution in [3.63, 3.8) is 0 Å². The Labute approximate surface area is 224 Å². The molecule has 0 saturated carbocycles. The average Bonchev–Trinajstić information content (AvgIpc) is 2.96. The standard InChI is InChI=1S/C25H25ClF6N4O3/c26-15-4-3-5-16(12-15)36-14-18(21(38)34-17-6-1-2-7-19(17)36)35-22(39)23(13-20(33)37,8-10-24(27,28)29)9-11-25(30,31)32/h1-7,12,18H,8-11,13-14H2,(H2,33,37)(H,34,38)(H,35,39)/t18-/m0/s1. The summed E-state index contributed by atoms with van der Waals surface area (Å²) in [5, 5.41) is 5.28. The fourth-order valence-corrected chi connectivity index (χ4v) is 4.60. The zero-order chi connectivity index (χ0) is 29.0. The van der Waals surface area contributed by atoms with Gasteiger partial charge in [0.2, 0.25) is 17.7 Å². The predicted octanol–water partition coefficient (Wildman–Crippen LogP) is 5.46. The van der Waals surface area contributed by atoms with E-state index in [9.17, 15) is 40.7 Å². The number of halogens is 7. The maximum absolute atomic E-state index is 13.5. The number of nitrogens with zero attached hydrogens (tertiary/aromatic N) is 1. The Morgan fingerprint density at radius 1 is 0.974 bits per heavy atom. The minimum atomic E-state index is -4.83. The first-order valence-corrected chi connectivity index (χ1v) is 12.1. The fraction of sp³-hybridized carbons (Fsp3) is 0.400. The SMILES string of the molecule is NC(=O)CC(CCC(F)(F)F)(CCC(F)(F)F)C(=O)N[C@H]1CN(c2cccc(Cl)c2)c2ccccc2NC1=O. The van der Waals surface area contributed by atoms with Crippen LogP contribution in [0.1, 0.15) is 32.1 Å². The number of fused-ring (bicyclic) bond motifs is 1. The molecule has 0 fully saturated rings. The lowest BCUT2D eigenvalue weighted by Gasteiger charge is -2.34. The zero-order valence-corrected chi connectivity index (χ0v) is 21.1. The zero-order valence-electron chi connectivity index (χ0n) is 20.3. The van der Waals surface area contributed by atoms with E-state index >= 15 is 0 Å². The number of benzene rings is 2. The van der Waals surface area contributed by atoms with Crippen LogP contribution in [0.25, 0.3) is 0 Å². The van der Waals surface area contributed by atoms with Crippen molar-refractivity contribution in [1.29, 1.82) is 0 Å². The number of para-hydroxylation sites is 2. The second-order valence-corrected chi connectivity index (χ2v) is 9.71. The van der Waals surface area contributed by atoms with Crippen LogP contribution in [0.15, 0.2) is 48.5 Å². The van der Waals surface area contributed by atoms with Crippen LogP contribution < -0.4 is 21.3 Å². The minimum absolute atomic E-state index is 0.250. The Morgan fingerprint density at radius 3 is 2.15 bits per heavy atom. The van der Waals surface area contributed by atoms with Crippen molar-refractivity contribution >= 4 is 46.4 Å². The molecule has 0 radical (unpaired) electrons. The Bertz CT molecular complexity index is 1200. The van der Waals surface area contributed by atoms with Gasteiger partial charge in [0, 0.05) is 30.0 Å². The first-order valence-electron chi connectivity index (χ1n) is 11.7. The van der Waals surface area contributed by atoms with Crippen molar-refractivity contribution in [2.24, 2.45) is 11.1 Å². The summed E-state index contributed by atoms with van der Waals surface area (Å²) in [6.07, 6.45) is -16.3. The van der Waals surface area contributed by atoms with Gasteiger partial charge in [-0.05, 0) is 43.2 Å². The van der Waals surface area contributed by atoms with Gasteiger partial charge in [0.1, 0.15) is 6.04 Å². The number of hydrogen-bond acceptors (Lipinski definition) is 4. The number of nitrogens with one attached hydrogen (secondary N) is 2. The Kier molecular flexibility index (Phi) is 9.04. The van der Waals surface area contributed by atoms with Crippen LogP contribution in [0.2, 0.25) is 5.02 Å². The normalized spacial score (nSPS) is 16.2. The Balaban J connectivity index is 1.99. The summed E-state index contributed by atoms with van der Waals surface area (Å²) in [4.78, 5) is 40.0. The fourth-order valence-electron chi connectivity index (χ4n) is 4.41. The van der Waals surface area contributed by atoms with Crippen LogP contribution in [0.5, 0.6) is 0 Å². The smallest absolute Gasteiger partial charge is 0.370 e. The number of alkyl halides is 6. The summed E-state index contributed by atoms with van der Waals surface area (Å²) in [7, 11) is 0. The average molecular weight is 579 g/mol. The van der Waals surface area contributed by atoms with E-state index in [1.165, 1.54) is 0 Å². The maximum atomic E-state index is 13.5. The monoisotopic (exact) mass is 578 g/mol. The summed E-state index contributed by atoms with van der Waals surface area (Å²) >= 11 is 6.13. The number of anilines is 3. The van der Waals surface area contributed by atoms with Crippen molar-refractivity contribution in [2.45, 2.75) is 50.5 Å². The van der Waals surface area contributed by atoms with Crippen LogP contribution in [0, 0.1) is 5.41 Å². The highest BCUT2D eigenvalue weighted by Gasteiger charge is 2.46. The van der Waals surface area contributed by atoms with Crippen LogP contribution in [0.3, 0.4) is 0 Å². The van der Waals surface area contributed by atoms with Crippen LogP contribution in [-0.2, 0) is 14.4 Å². The molecule has 0 unspecified atom stereocenters.